The Morgan fingerprint density at radius 2 is 1.97 bits per heavy atom. The van der Waals surface area contributed by atoms with Crippen LogP contribution in [0.5, 0.6) is 11.5 Å². The summed E-state index contributed by atoms with van der Waals surface area (Å²) in [6, 6.07) is 6.48. The normalized spacial score (nSPS) is 22.9. The first-order chi connectivity index (χ1) is 15.2. The summed E-state index contributed by atoms with van der Waals surface area (Å²) in [7, 11) is 1.66. The van der Waals surface area contributed by atoms with E-state index in [1.807, 2.05) is 18.2 Å². The van der Waals surface area contributed by atoms with Gasteiger partial charge in [0, 0.05) is 12.6 Å². The number of amides is 2. The summed E-state index contributed by atoms with van der Waals surface area (Å²) in [5.41, 5.74) is 1.07. The summed E-state index contributed by atoms with van der Waals surface area (Å²) < 4.78 is 11.1. The van der Waals surface area contributed by atoms with Crippen LogP contribution in [0.4, 0.5) is 4.79 Å². The lowest BCUT2D eigenvalue weighted by Crippen LogP contribution is -2.48. The Balaban J connectivity index is 1.09. The molecule has 7 nitrogen and oxygen atoms in total. The van der Waals surface area contributed by atoms with Crippen LogP contribution in [0.15, 0.2) is 18.2 Å². The fourth-order valence-electron chi connectivity index (χ4n) is 5.12. The Hall–Kier alpha value is -1.99. The van der Waals surface area contributed by atoms with Gasteiger partial charge in [0.1, 0.15) is 18.1 Å². The van der Waals surface area contributed by atoms with Gasteiger partial charge in [-0.2, -0.15) is 0 Å². The number of carbonyl (C=O) groups excluding carboxylic acids is 1. The highest BCUT2D eigenvalue weighted by Gasteiger charge is 2.25. The second-order valence-electron chi connectivity index (χ2n) is 9.11. The zero-order chi connectivity index (χ0) is 21.5. The van der Waals surface area contributed by atoms with Crippen LogP contribution in [0.2, 0.25) is 0 Å². The average molecular weight is 431 g/mol. The Morgan fingerprint density at radius 3 is 2.74 bits per heavy atom. The van der Waals surface area contributed by atoms with E-state index in [0.29, 0.717) is 13.2 Å². The molecule has 2 saturated heterocycles. The number of ether oxygens (including phenoxy) is 2. The fourth-order valence-corrected chi connectivity index (χ4v) is 5.12. The first-order valence-electron chi connectivity index (χ1n) is 12.0. The van der Waals surface area contributed by atoms with Crippen molar-refractivity contribution in [2.75, 3.05) is 53.0 Å². The molecule has 7 heteroatoms. The minimum absolute atomic E-state index is 0.0200. The van der Waals surface area contributed by atoms with Gasteiger partial charge in [0.15, 0.2) is 0 Å². The minimum atomic E-state index is -0.108. The zero-order valence-electron chi connectivity index (χ0n) is 18.9. The lowest BCUT2D eigenvalue weighted by molar-refractivity contribution is 0.0922. The molecule has 2 fully saturated rings. The smallest absolute Gasteiger partial charge is 0.315 e. The minimum Gasteiger partial charge on any atom is -0.497 e. The third-order valence-electron chi connectivity index (χ3n) is 6.91. The number of nitrogens with zero attached hydrogens (tertiary/aromatic N) is 2. The Labute approximate surface area is 186 Å². The number of piperidine rings is 2. The number of urea groups is 1. The Morgan fingerprint density at radius 1 is 1.16 bits per heavy atom. The van der Waals surface area contributed by atoms with Gasteiger partial charge in [-0.1, -0.05) is 6.42 Å². The lowest BCUT2D eigenvalue weighted by Gasteiger charge is -2.40. The molecule has 1 aromatic rings. The number of likely N-dealkylation sites (tertiary alicyclic amines) is 2. The molecular weight excluding hydrogens is 392 g/mol. The van der Waals surface area contributed by atoms with Gasteiger partial charge >= 0.3 is 6.03 Å². The standard InChI is InChI=1S/C24H38N4O3/c1-30-22-6-7-23-19(17-22)16-20(18-31-23)26-24(29)25-10-5-11-27-14-8-21(9-15-27)28-12-3-2-4-13-28/h6-7,17,20-21H,2-5,8-16,18H2,1H3,(H2,25,26,29). The van der Waals surface area contributed by atoms with E-state index in [9.17, 15) is 4.79 Å². The molecule has 3 heterocycles. The molecule has 0 radical (unpaired) electrons. The molecule has 0 aliphatic carbocycles. The second-order valence-corrected chi connectivity index (χ2v) is 9.11. The van der Waals surface area contributed by atoms with Crippen molar-refractivity contribution < 1.29 is 14.3 Å². The summed E-state index contributed by atoms with van der Waals surface area (Å²) in [6.07, 6.45) is 8.49. The highest BCUT2D eigenvalue weighted by atomic mass is 16.5. The summed E-state index contributed by atoms with van der Waals surface area (Å²) in [5, 5.41) is 6.05. The molecule has 1 unspecified atom stereocenters. The molecule has 1 atom stereocenters. The van der Waals surface area contributed by atoms with Crippen molar-refractivity contribution in [2.45, 2.75) is 57.0 Å². The van der Waals surface area contributed by atoms with E-state index in [4.69, 9.17) is 9.47 Å². The highest BCUT2D eigenvalue weighted by Crippen LogP contribution is 2.28. The van der Waals surface area contributed by atoms with E-state index < -0.39 is 0 Å². The van der Waals surface area contributed by atoms with Gasteiger partial charge in [0.05, 0.1) is 13.2 Å². The molecule has 3 aliphatic rings. The predicted octanol–water partition coefficient (Wildman–Crippen LogP) is 2.64. The summed E-state index contributed by atoms with van der Waals surface area (Å²) >= 11 is 0. The van der Waals surface area contributed by atoms with Gasteiger partial charge in [0.2, 0.25) is 0 Å². The SMILES string of the molecule is COc1ccc2c(c1)CC(NC(=O)NCCCN1CCC(N3CCCCC3)CC1)CO2. The molecular formula is C24H38N4O3. The molecule has 0 spiro atoms. The first-order valence-corrected chi connectivity index (χ1v) is 12.0. The highest BCUT2D eigenvalue weighted by molar-refractivity contribution is 5.74. The Bertz CT molecular complexity index is 715. The van der Waals surface area contributed by atoms with Gasteiger partial charge in [-0.3, -0.25) is 0 Å². The summed E-state index contributed by atoms with van der Waals surface area (Å²) in [4.78, 5) is 17.6. The maximum atomic E-state index is 12.3. The number of fused-ring (bicyclic) bond motifs is 1. The number of carbonyl (C=O) groups is 1. The van der Waals surface area contributed by atoms with Crippen molar-refractivity contribution in [1.82, 2.24) is 20.4 Å². The van der Waals surface area contributed by atoms with E-state index in [2.05, 4.69) is 20.4 Å². The van der Waals surface area contributed by atoms with Crippen LogP contribution in [-0.4, -0.2) is 80.9 Å². The summed E-state index contributed by atoms with van der Waals surface area (Å²) in [5.74, 6) is 1.69. The molecule has 3 aliphatic heterocycles. The topological polar surface area (TPSA) is 66.1 Å². The number of hydrogen-bond acceptors (Lipinski definition) is 5. The molecule has 2 N–H and O–H groups in total. The maximum absolute atomic E-state index is 12.3. The van der Waals surface area contributed by atoms with Crippen LogP contribution in [0.25, 0.3) is 0 Å². The monoisotopic (exact) mass is 430 g/mol. The largest absolute Gasteiger partial charge is 0.497 e. The van der Waals surface area contributed by atoms with Gasteiger partial charge in [-0.05, 0) is 95.0 Å². The molecule has 172 valence electrons. The first kappa shape index (κ1) is 22.2. The van der Waals surface area contributed by atoms with Gasteiger partial charge in [-0.25, -0.2) is 4.79 Å². The van der Waals surface area contributed by atoms with Crippen molar-refractivity contribution in [1.29, 1.82) is 0 Å². The van der Waals surface area contributed by atoms with Crippen LogP contribution < -0.4 is 20.1 Å². The molecule has 4 rings (SSSR count). The molecule has 0 bridgehead atoms. The maximum Gasteiger partial charge on any atom is 0.315 e. The van der Waals surface area contributed by atoms with Crippen LogP contribution >= 0.6 is 0 Å². The van der Waals surface area contributed by atoms with Crippen LogP contribution in [0.1, 0.15) is 44.1 Å². The zero-order valence-corrected chi connectivity index (χ0v) is 18.9. The quantitative estimate of drug-likeness (QED) is 0.651. The molecule has 0 aromatic heterocycles. The Kier molecular flexibility index (Phi) is 7.92. The molecule has 2 amide bonds. The number of nitrogens with one attached hydrogen (secondary N) is 2. The van der Waals surface area contributed by atoms with Gasteiger partial charge in [-0.15, -0.1) is 0 Å². The molecule has 0 saturated carbocycles. The number of benzene rings is 1. The van der Waals surface area contributed by atoms with Gasteiger partial charge in [0.25, 0.3) is 0 Å². The van der Waals surface area contributed by atoms with Crippen LogP contribution in [0, 0.1) is 0 Å². The summed E-state index contributed by atoms with van der Waals surface area (Å²) in [6.45, 7) is 7.25. The third-order valence-corrected chi connectivity index (χ3v) is 6.91. The molecule has 31 heavy (non-hydrogen) atoms. The van der Waals surface area contributed by atoms with Crippen LogP contribution in [-0.2, 0) is 6.42 Å². The van der Waals surface area contributed by atoms with E-state index in [0.717, 1.165) is 42.5 Å². The number of hydrogen-bond donors (Lipinski definition) is 2. The second kappa shape index (κ2) is 11.0. The lowest BCUT2D eigenvalue weighted by atomic mass is 10.00. The average Bonchev–Trinajstić information content (AvgIpc) is 2.82. The van der Waals surface area contributed by atoms with E-state index >= 15 is 0 Å². The van der Waals surface area contributed by atoms with Crippen molar-refractivity contribution in [2.24, 2.45) is 0 Å². The van der Waals surface area contributed by atoms with Crippen molar-refractivity contribution in [3.8, 4) is 11.5 Å². The van der Waals surface area contributed by atoms with Crippen molar-refractivity contribution in [3.05, 3.63) is 23.8 Å². The van der Waals surface area contributed by atoms with Crippen molar-refractivity contribution in [3.63, 3.8) is 0 Å². The fraction of sp³-hybridized carbons (Fsp3) is 0.708. The van der Waals surface area contributed by atoms with E-state index in [1.54, 1.807) is 7.11 Å². The van der Waals surface area contributed by atoms with Crippen LogP contribution in [0.3, 0.4) is 0 Å². The van der Waals surface area contributed by atoms with E-state index in [-0.39, 0.29) is 12.1 Å². The van der Waals surface area contributed by atoms with Crippen molar-refractivity contribution >= 4 is 6.03 Å². The van der Waals surface area contributed by atoms with Gasteiger partial charge < -0.3 is 29.9 Å². The third kappa shape index (κ3) is 6.26. The van der Waals surface area contributed by atoms with E-state index in [1.165, 1.54) is 58.3 Å². The molecule has 1 aromatic carbocycles. The number of methoxy groups -OCH3 is 1. The predicted molar refractivity (Wildman–Crippen MR) is 122 cm³/mol. The number of rotatable bonds is 7.